The zero-order chi connectivity index (χ0) is 28.5. The molecule has 0 bridgehead atoms. The number of rotatable bonds is 6. The minimum absolute atomic E-state index is 0.148. The van der Waals surface area contributed by atoms with E-state index in [-0.39, 0.29) is 22.4 Å². The SMILES string of the molecule is CCOc1ccc(/C(O)=C2/C(=O)C(=O)N(c3ccc(OC(F)(F)F)cc3)C2c2ccncc2)cc1C(C)(C)C. The van der Waals surface area contributed by atoms with Crippen molar-refractivity contribution in [1.82, 2.24) is 4.98 Å². The van der Waals surface area contributed by atoms with Crippen LogP contribution in [0.2, 0.25) is 0 Å². The Labute approximate surface area is 223 Å². The maximum absolute atomic E-state index is 13.4. The second-order valence-corrected chi connectivity index (χ2v) is 9.89. The summed E-state index contributed by atoms with van der Waals surface area (Å²) in [4.78, 5) is 31.8. The highest BCUT2D eigenvalue weighted by Crippen LogP contribution is 2.43. The Hall–Kier alpha value is -4.34. The number of alkyl halides is 3. The van der Waals surface area contributed by atoms with E-state index in [2.05, 4.69) is 9.72 Å². The van der Waals surface area contributed by atoms with Gasteiger partial charge in [0, 0.05) is 29.2 Å². The molecule has 7 nitrogen and oxygen atoms in total. The lowest BCUT2D eigenvalue weighted by atomic mass is 9.84. The van der Waals surface area contributed by atoms with Gasteiger partial charge < -0.3 is 14.6 Å². The highest BCUT2D eigenvalue weighted by Gasteiger charge is 2.47. The summed E-state index contributed by atoms with van der Waals surface area (Å²) in [7, 11) is 0. The first-order chi connectivity index (χ1) is 18.3. The summed E-state index contributed by atoms with van der Waals surface area (Å²) in [5.74, 6) is -2.11. The molecule has 0 radical (unpaired) electrons. The molecule has 1 amide bonds. The van der Waals surface area contributed by atoms with Gasteiger partial charge in [0.2, 0.25) is 0 Å². The number of anilines is 1. The van der Waals surface area contributed by atoms with Gasteiger partial charge in [-0.1, -0.05) is 20.8 Å². The average molecular weight is 541 g/mol. The van der Waals surface area contributed by atoms with Crippen LogP contribution in [0, 0.1) is 0 Å². The zero-order valence-corrected chi connectivity index (χ0v) is 21.7. The summed E-state index contributed by atoms with van der Waals surface area (Å²) >= 11 is 0. The van der Waals surface area contributed by atoms with Crippen LogP contribution in [-0.4, -0.2) is 34.8 Å². The van der Waals surface area contributed by atoms with Gasteiger partial charge in [-0.2, -0.15) is 0 Å². The van der Waals surface area contributed by atoms with Crippen LogP contribution in [0.15, 0.2) is 72.6 Å². The fraction of sp³-hybridized carbons (Fsp3) is 0.276. The number of hydrogen-bond donors (Lipinski definition) is 1. The van der Waals surface area contributed by atoms with E-state index in [1.807, 2.05) is 27.7 Å². The Balaban J connectivity index is 1.87. The monoisotopic (exact) mass is 540 g/mol. The Morgan fingerprint density at radius 1 is 1.00 bits per heavy atom. The van der Waals surface area contributed by atoms with Gasteiger partial charge in [-0.15, -0.1) is 13.2 Å². The van der Waals surface area contributed by atoms with Crippen molar-refractivity contribution in [2.75, 3.05) is 11.5 Å². The van der Waals surface area contributed by atoms with Crippen LogP contribution in [0.5, 0.6) is 11.5 Å². The molecule has 1 saturated heterocycles. The van der Waals surface area contributed by atoms with Gasteiger partial charge >= 0.3 is 6.36 Å². The molecule has 39 heavy (non-hydrogen) atoms. The van der Waals surface area contributed by atoms with Gasteiger partial charge in [0.05, 0.1) is 18.2 Å². The number of aliphatic hydroxyl groups is 1. The van der Waals surface area contributed by atoms with Crippen LogP contribution >= 0.6 is 0 Å². The van der Waals surface area contributed by atoms with Gasteiger partial charge in [-0.05, 0) is 72.5 Å². The molecule has 1 unspecified atom stereocenters. The maximum Gasteiger partial charge on any atom is 0.573 e. The average Bonchev–Trinajstić information content (AvgIpc) is 3.14. The quantitative estimate of drug-likeness (QED) is 0.224. The van der Waals surface area contributed by atoms with Crippen molar-refractivity contribution in [2.24, 2.45) is 0 Å². The third-order valence-electron chi connectivity index (χ3n) is 6.18. The van der Waals surface area contributed by atoms with Crippen molar-refractivity contribution in [3.05, 3.63) is 89.3 Å². The molecule has 2 heterocycles. The van der Waals surface area contributed by atoms with Crippen LogP contribution in [0.1, 0.15) is 50.4 Å². The number of amides is 1. The van der Waals surface area contributed by atoms with E-state index in [9.17, 15) is 27.9 Å². The van der Waals surface area contributed by atoms with Gasteiger partial charge in [-0.3, -0.25) is 19.5 Å². The summed E-state index contributed by atoms with van der Waals surface area (Å²) in [6, 6.07) is 11.7. The van der Waals surface area contributed by atoms with Gasteiger partial charge in [0.1, 0.15) is 17.3 Å². The van der Waals surface area contributed by atoms with Gasteiger partial charge in [-0.25, -0.2) is 0 Å². The number of aliphatic hydroxyl groups excluding tert-OH is 1. The van der Waals surface area contributed by atoms with Crippen LogP contribution in [-0.2, 0) is 15.0 Å². The first-order valence-electron chi connectivity index (χ1n) is 12.2. The highest BCUT2D eigenvalue weighted by atomic mass is 19.4. The van der Waals surface area contributed by atoms with Crippen molar-refractivity contribution >= 4 is 23.1 Å². The summed E-state index contributed by atoms with van der Waals surface area (Å²) in [6.07, 6.45) is -1.93. The number of aromatic nitrogens is 1. The Kier molecular flexibility index (Phi) is 7.41. The first-order valence-corrected chi connectivity index (χ1v) is 12.2. The molecule has 4 rings (SSSR count). The van der Waals surface area contributed by atoms with Crippen molar-refractivity contribution in [3.8, 4) is 11.5 Å². The van der Waals surface area contributed by atoms with Crippen molar-refractivity contribution in [1.29, 1.82) is 0 Å². The van der Waals surface area contributed by atoms with Crippen molar-refractivity contribution in [2.45, 2.75) is 45.5 Å². The lowest BCUT2D eigenvalue weighted by molar-refractivity contribution is -0.274. The van der Waals surface area contributed by atoms with E-state index in [4.69, 9.17) is 4.74 Å². The smallest absolute Gasteiger partial charge is 0.507 e. The molecule has 3 aromatic rings. The molecule has 1 aliphatic heterocycles. The standard InChI is InChI=1S/C29H27F3N2O5/c1-5-38-22-11-6-18(16-21(22)28(2,3)4)25(35)23-24(17-12-14-33-15-13-17)34(27(37)26(23)36)19-7-9-20(10-8-19)39-29(30,31)32/h6-16,24,35H,5H2,1-4H3/b25-23-. The summed E-state index contributed by atoms with van der Waals surface area (Å²) in [6.45, 7) is 8.25. The van der Waals surface area contributed by atoms with E-state index in [0.717, 1.165) is 22.6 Å². The molecule has 1 aromatic heterocycles. The number of ether oxygens (including phenoxy) is 2. The lowest BCUT2D eigenvalue weighted by Gasteiger charge is -2.26. The van der Waals surface area contributed by atoms with Crippen molar-refractivity contribution < 1.29 is 37.3 Å². The molecule has 1 N–H and O–H groups in total. The number of pyridine rings is 1. The van der Waals surface area contributed by atoms with Crippen LogP contribution in [0.25, 0.3) is 5.76 Å². The number of carbonyl (C=O) groups excluding carboxylic acids is 2. The molecule has 0 aliphatic carbocycles. The Bertz CT molecular complexity index is 1410. The number of carbonyl (C=O) groups is 2. The zero-order valence-electron chi connectivity index (χ0n) is 21.7. The van der Waals surface area contributed by atoms with Gasteiger partial charge in [0.25, 0.3) is 11.7 Å². The van der Waals surface area contributed by atoms with E-state index in [1.165, 1.54) is 24.5 Å². The molecule has 1 aliphatic rings. The summed E-state index contributed by atoms with van der Waals surface area (Å²) in [5, 5.41) is 11.5. The topological polar surface area (TPSA) is 89.0 Å². The van der Waals surface area contributed by atoms with Crippen LogP contribution in [0.4, 0.5) is 18.9 Å². The lowest BCUT2D eigenvalue weighted by Crippen LogP contribution is -2.29. The van der Waals surface area contributed by atoms with Gasteiger partial charge in [0.15, 0.2) is 0 Å². The summed E-state index contributed by atoms with van der Waals surface area (Å²) < 4.78 is 47.6. The van der Waals surface area contributed by atoms with E-state index in [0.29, 0.717) is 23.5 Å². The fourth-order valence-electron chi connectivity index (χ4n) is 4.47. The Morgan fingerprint density at radius 2 is 1.64 bits per heavy atom. The van der Waals surface area contributed by atoms with Crippen LogP contribution < -0.4 is 14.4 Å². The van der Waals surface area contributed by atoms with Crippen molar-refractivity contribution in [3.63, 3.8) is 0 Å². The number of halogens is 3. The molecule has 204 valence electrons. The largest absolute Gasteiger partial charge is 0.573 e. The third kappa shape index (κ3) is 5.74. The third-order valence-corrected chi connectivity index (χ3v) is 6.18. The number of benzene rings is 2. The number of nitrogens with zero attached hydrogens (tertiary/aromatic N) is 2. The van der Waals surface area contributed by atoms with E-state index >= 15 is 0 Å². The van der Waals surface area contributed by atoms with E-state index in [1.54, 1.807) is 30.3 Å². The first kappa shape index (κ1) is 27.7. The van der Waals surface area contributed by atoms with E-state index < -0.39 is 29.8 Å². The fourth-order valence-corrected chi connectivity index (χ4v) is 4.47. The highest BCUT2D eigenvalue weighted by molar-refractivity contribution is 6.51. The molecule has 2 aromatic carbocycles. The number of Topliss-reactive ketones (excluding diaryl/α,β-unsaturated/α-hetero) is 1. The predicted octanol–water partition coefficient (Wildman–Crippen LogP) is 6.30. The molecule has 1 atom stereocenters. The number of ketones is 1. The molecule has 10 heteroatoms. The normalized spacial score (nSPS) is 17.4. The summed E-state index contributed by atoms with van der Waals surface area (Å²) in [5.41, 5.74) is 1.21. The molecule has 0 spiro atoms. The predicted molar refractivity (Wildman–Crippen MR) is 138 cm³/mol. The second-order valence-electron chi connectivity index (χ2n) is 9.89. The molecular weight excluding hydrogens is 513 g/mol. The molecule has 1 fully saturated rings. The molecule has 0 saturated carbocycles. The Morgan fingerprint density at radius 3 is 2.21 bits per heavy atom. The minimum Gasteiger partial charge on any atom is -0.507 e. The second kappa shape index (κ2) is 10.4. The van der Waals surface area contributed by atoms with Crippen LogP contribution in [0.3, 0.4) is 0 Å². The maximum atomic E-state index is 13.4. The molecular formula is C29H27F3N2O5. The number of hydrogen-bond acceptors (Lipinski definition) is 6. The minimum atomic E-state index is -4.88.